The van der Waals surface area contributed by atoms with Gasteiger partial charge in [0, 0.05) is 13.6 Å². The predicted octanol–water partition coefficient (Wildman–Crippen LogP) is 1.55. The Balaban J connectivity index is 3.12. The van der Waals surface area contributed by atoms with Crippen LogP contribution in [-0.4, -0.2) is 29.7 Å². The maximum atomic E-state index is 13.3. The third-order valence-corrected chi connectivity index (χ3v) is 2.10. The van der Waals surface area contributed by atoms with E-state index in [1.165, 1.54) is 17.0 Å². The van der Waals surface area contributed by atoms with Crippen molar-refractivity contribution in [2.75, 3.05) is 18.5 Å². The second-order valence-electron chi connectivity index (χ2n) is 3.59. The van der Waals surface area contributed by atoms with Crippen molar-refractivity contribution in [3.05, 3.63) is 34.1 Å². The van der Waals surface area contributed by atoms with Gasteiger partial charge in [0.25, 0.3) is 0 Å². The first kappa shape index (κ1) is 12.4. The molecule has 5 nitrogen and oxygen atoms in total. The highest BCUT2D eigenvalue weighted by atomic mass is 19.1. The Labute approximate surface area is 92.3 Å². The Hall–Kier alpha value is -1.69. The lowest BCUT2D eigenvalue weighted by Gasteiger charge is -2.20. The van der Waals surface area contributed by atoms with E-state index in [-0.39, 0.29) is 12.2 Å². The van der Waals surface area contributed by atoms with Crippen LogP contribution < -0.4 is 4.90 Å². The monoisotopic (exact) mass is 228 g/mol. The molecule has 0 fully saturated rings. The summed E-state index contributed by atoms with van der Waals surface area (Å²) >= 11 is 0. The largest absolute Gasteiger partial charge is 0.392 e. The number of hydrogen-bond acceptors (Lipinski definition) is 4. The van der Waals surface area contributed by atoms with Gasteiger partial charge in [0.1, 0.15) is 5.69 Å². The molecular formula is C10H13FN2O3. The quantitative estimate of drug-likeness (QED) is 0.627. The third-order valence-electron chi connectivity index (χ3n) is 2.10. The van der Waals surface area contributed by atoms with Crippen molar-refractivity contribution in [3.63, 3.8) is 0 Å². The van der Waals surface area contributed by atoms with E-state index in [0.717, 1.165) is 6.07 Å². The molecule has 0 saturated carbocycles. The van der Waals surface area contributed by atoms with E-state index in [1.54, 1.807) is 14.0 Å². The molecule has 0 aliphatic rings. The van der Waals surface area contributed by atoms with Gasteiger partial charge in [0.15, 0.2) is 0 Å². The summed E-state index contributed by atoms with van der Waals surface area (Å²) in [5, 5.41) is 19.9. The minimum absolute atomic E-state index is 0.158. The van der Waals surface area contributed by atoms with Crippen LogP contribution in [0.1, 0.15) is 6.92 Å². The van der Waals surface area contributed by atoms with Gasteiger partial charge in [-0.05, 0) is 19.1 Å². The lowest BCUT2D eigenvalue weighted by atomic mass is 10.2. The van der Waals surface area contributed by atoms with Gasteiger partial charge in [-0.2, -0.15) is 4.39 Å². The van der Waals surface area contributed by atoms with Gasteiger partial charge in [0.05, 0.1) is 11.0 Å². The molecule has 88 valence electrons. The average molecular weight is 228 g/mol. The number of nitro groups is 1. The molecule has 1 N–H and O–H groups in total. The molecule has 1 aromatic rings. The fourth-order valence-corrected chi connectivity index (χ4v) is 1.49. The van der Waals surface area contributed by atoms with Gasteiger partial charge in [-0.3, -0.25) is 10.1 Å². The Morgan fingerprint density at radius 1 is 1.62 bits per heavy atom. The minimum Gasteiger partial charge on any atom is -0.392 e. The van der Waals surface area contributed by atoms with E-state index in [4.69, 9.17) is 0 Å². The molecule has 1 rings (SSSR count). The number of aliphatic hydroxyl groups excluding tert-OH is 1. The van der Waals surface area contributed by atoms with Crippen LogP contribution in [0.3, 0.4) is 0 Å². The van der Waals surface area contributed by atoms with Crippen LogP contribution in [-0.2, 0) is 0 Å². The zero-order chi connectivity index (χ0) is 12.3. The van der Waals surface area contributed by atoms with Crippen molar-refractivity contribution in [3.8, 4) is 0 Å². The standard InChI is InChI=1S/C10H13FN2O3/c1-7(14)6-12(2)9-5-3-4-8(11)10(9)13(15)16/h3-5,7,14H,6H2,1-2H3. The SMILES string of the molecule is CC(O)CN(C)c1cccc(F)c1[N+](=O)[O-]. The first-order valence-electron chi connectivity index (χ1n) is 4.75. The Morgan fingerprint density at radius 3 is 2.75 bits per heavy atom. The molecule has 0 spiro atoms. The summed E-state index contributed by atoms with van der Waals surface area (Å²) in [5.74, 6) is -0.875. The zero-order valence-corrected chi connectivity index (χ0v) is 9.05. The Bertz CT molecular complexity index is 396. The second-order valence-corrected chi connectivity index (χ2v) is 3.59. The molecule has 0 aliphatic heterocycles. The number of rotatable bonds is 4. The number of hydrogen-bond donors (Lipinski definition) is 1. The van der Waals surface area contributed by atoms with Gasteiger partial charge in [-0.1, -0.05) is 6.07 Å². The molecule has 0 amide bonds. The minimum atomic E-state index is -0.875. The smallest absolute Gasteiger partial charge is 0.327 e. The van der Waals surface area contributed by atoms with Crippen molar-refractivity contribution in [2.24, 2.45) is 0 Å². The molecule has 6 heteroatoms. The molecule has 0 radical (unpaired) electrons. The maximum absolute atomic E-state index is 13.3. The molecule has 0 aromatic heterocycles. The highest BCUT2D eigenvalue weighted by Crippen LogP contribution is 2.29. The number of aliphatic hydroxyl groups is 1. The molecule has 1 aromatic carbocycles. The first-order chi connectivity index (χ1) is 7.43. The number of likely N-dealkylation sites (N-methyl/N-ethyl adjacent to an activating group) is 1. The van der Waals surface area contributed by atoms with Gasteiger partial charge in [-0.15, -0.1) is 0 Å². The van der Waals surface area contributed by atoms with E-state index in [9.17, 15) is 19.6 Å². The van der Waals surface area contributed by atoms with Crippen molar-refractivity contribution in [2.45, 2.75) is 13.0 Å². The summed E-state index contributed by atoms with van der Waals surface area (Å²) in [6, 6.07) is 3.89. The Kier molecular flexibility index (Phi) is 3.78. The van der Waals surface area contributed by atoms with Crippen LogP contribution in [0.25, 0.3) is 0 Å². The summed E-state index contributed by atoms with van der Waals surface area (Å²) in [5.41, 5.74) is -0.406. The van der Waals surface area contributed by atoms with Gasteiger partial charge in [-0.25, -0.2) is 0 Å². The summed E-state index contributed by atoms with van der Waals surface area (Å²) in [7, 11) is 1.56. The molecule has 1 unspecified atom stereocenters. The van der Waals surface area contributed by atoms with Crippen LogP contribution >= 0.6 is 0 Å². The van der Waals surface area contributed by atoms with Crippen LogP contribution in [0.2, 0.25) is 0 Å². The van der Waals surface area contributed by atoms with E-state index in [2.05, 4.69) is 0 Å². The molecule has 16 heavy (non-hydrogen) atoms. The van der Waals surface area contributed by atoms with Gasteiger partial charge in [0.2, 0.25) is 5.82 Å². The molecule has 1 atom stereocenters. The second kappa shape index (κ2) is 4.89. The number of benzene rings is 1. The van der Waals surface area contributed by atoms with Crippen LogP contribution in [0.5, 0.6) is 0 Å². The molecule has 0 heterocycles. The number of halogens is 1. The molecule has 0 bridgehead atoms. The van der Waals surface area contributed by atoms with E-state index < -0.39 is 22.5 Å². The average Bonchev–Trinajstić information content (AvgIpc) is 2.15. The van der Waals surface area contributed by atoms with E-state index in [1.807, 2.05) is 0 Å². The van der Waals surface area contributed by atoms with Gasteiger partial charge < -0.3 is 10.0 Å². The van der Waals surface area contributed by atoms with Crippen molar-refractivity contribution >= 4 is 11.4 Å². The van der Waals surface area contributed by atoms with Gasteiger partial charge >= 0.3 is 5.69 Å². The topological polar surface area (TPSA) is 66.6 Å². The van der Waals surface area contributed by atoms with Crippen LogP contribution in [0.15, 0.2) is 18.2 Å². The maximum Gasteiger partial charge on any atom is 0.327 e. The summed E-state index contributed by atoms with van der Waals surface area (Å²) < 4.78 is 13.3. The lowest BCUT2D eigenvalue weighted by molar-refractivity contribution is -0.386. The molecule has 0 saturated heterocycles. The van der Waals surface area contributed by atoms with Crippen molar-refractivity contribution < 1.29 is 14.4 Å². The third kappa shape index (κ3) is 2.66. The normalized spacial score (nSPS) is 12.2. The summed E-state index contributed by atoms with van der Waals surface area (Å²) in [6.07, 6.45) is -0.645. The number of nitrogens with zero attached hydrogens (tertiary/aromatic N) is 2. The fourth-order valence-electron chi connectivity index (χ4n) is 1.49. The zero-order valence-electron chi connectivity index (χ0n) is 9.05. The van der Waals surface area contributed by atoms with Crippen molar-refractivity contribution in [1.82, 2.24) is 0 Å². The number of nitro benzene ring substituents is 1. The summed E-state index contributed by atoms with van der Waals surface area (Å²) in [4.78, 5) is 11.4. The fraction of sp³-hybridized carbons (Fsp3) is 0.400. The predicted molar refractivity (Wildman–Crippen MR) is 58.0 cm³/mol. The molecule has 0 aliphatic carbocycles. The highest BCUT2D eigenvalue weighted by molar-refractivity contribution is 5.63. The van der Waals surface area contributed by atoms with Crippen molar-refractivity contribution in [1.29, 1.82) is 0 Å². The van der Waals surface area contributed by atoms with Crippen LogP contribution in [0, 0.1) is 15.9 Å². The highest BCUT2D eigenvalue weighted by Gasteiger charge is 2.22. The number of para-hydroxylation sites is 1. The lowest BCUT2D eigenvalue weighted by Crippen LogP contribution is -2.27. The van der Waals surface area contributed by atoms with E-state index >= 15 is 0 Å². The van der Waals surface area contributed by atoms with Crippen LogP contribution in [0.4, 0.5) is 15.8 Å². The first-order valence-corrected chi connectivity index (χ1v) is 4.75. The summed E-state index contributed by atoms with van der Waals surface area (Å²) in [6.45, 7) is 1.76. The molecular weight excluding hydrogens is 215 g/mol. The Morgan fingerprint density at radius 2 is 2.25 bits per heavy atom. The number of anilines is 1. The van der Waals surface area contributed by atoms with E-state index in [0.29, 0.717) is 0 Å².